The molecule has 0 heterocycles. The normalized spacial score (nSPS) is 18.9. The Hall–Kier alpha value is -1.56. The number of allylic oxidation sites excluding steroid dienone is 3. The number of hydrogen-bond donors (Lipinski definition) is 0. The largest absolute Gasteiger partial charge is 0.462 e. The van der Waals surface area contributed by atoms with E-state index in [-0.39, 0.29) is 5.57 Å². The van der Waals surface area contributed by atoms with E-state index in [1.54, 1.807) is 6.92 Å². The molecule has 0 bridgehead atoms. The Balaban J connectivity index is 2.98. The Kier molecular flexibility index (Phi) is 4.11. The Labute approximate surface area is 90.0 Å². The molecule has 0 amide bonds. The number of esters is 1. The molecule has 0 atom stereocenters. The van der Waals surface area contributed by atoms with Crippen molar-refractivity contribution in [2.45, 2.75) is 33.1 Å². The van der Waals surface area contributed by atoms with Crippen molar-refractivity contribution >= 4 is 5.97 Å². The Bertz CT molecular complexity index is 358. The van der Waals surface area contributed by atoms with Gasteiger partial charge in [-0.05, 0) is 38.7 Å². The fourth-order valence-corrected chi connectivity index (χ4v) is 1.65. The maximum atomic E-state index is 11.4. The number of hydrogen-bond acceptors (Lipinski definition) is 3. The zero-order chi connectivity index (χ0) is 11.3. The minimum absolute atomic E-state index is 0.163. The average Bonchev–Trinajstić information content (AvgIpc) is 2.19. The van der Waals surface area contributed by atoms with Crippen LogP contribution in [0.15, 0.2) is 22.8 Å². The number of carbonyl (C=O) groups excluding carboxylic acids is 1. The van der Waals surface area contributed by atoms with Crippen molar-refractivity contribution in [3.63, 3.8) is 0 Å². The molecule has 3 heteroatoms. The fourth-order valence-electron chi connectivity index (χ4n) is 1.65. The first-order valence-corrected chi connectivity index (χ1v) is 5.16. The van der Waals surface area contributed by atoms with Crippen molar-refractivity contribution in [3.8, 4) is 6.07 Å². The van der Waals surface area contributed by atoms with E-state index in [9.17, 15) is 4.79 Å². The lowest BCUT2D eigenvalue weighted by atomic mass is 9.93. The summed E-state index contributed by atoms with van der Waals surface area (Å²) in [5.74, 6) is -0.499. The summed E-state index contributed by atoms with van der Waals surface area (Å²) in [6, 6.07) is 1.94. The lowest BCUT2D eigenvalue weighted by Gasteiger charge is -2.13. The number of carbonyl (C=O) groups is 1. The van der Waals surface area contributed by atoms with Gasteiger partial charge in [-0.25, -0.2) is 4.79 Å². The molecule has 0 aliphatic heterocycles. The van der Waals surface area contributed by atoms with Crippen LogP contribution in [0.3, 0.4) is 0 Å². The van der Waals surface area contributed by atoms with Crippen LogP contribution in [0.2, 0.25) is 0 Å². The molecule has 0 unspecified atom stereocenters. The van der Waals surface area contributed by atoms with E-state index in [0.717, 1.165) is 24.8 Å². The highest BCUT2D eigenvalue weighted by Crippen LogP contribution is 2.24. The van der Waals surface area contributed by atoms with Crippen molar-refractivity contribution in [1.29, 1.82) is 5.26 Å². The van der Waals surface area contributed by atoms with Crippen molar-refractivity contribution in [3.05, 3.63) is 22.8 Å². The average molecular weight is 205 g/mol. The first kappa shape index (κ1) is 11.5. The molecule has 0 spiro atoms. The highest BCUT2D eigenvalue weighted by molar-refractivity contribution is 5.94. The molecule has 3 nitrogen and oxygen atoms in total. The molecule has 1 aliphatic rings. The Morgan fingerprint density at radius 3 is 2.87 bits per heavy atom. The van der Waals surface area contributed by atoms with Crippen LogP contribution >= 0.6 is 0 Å². The third kappa shape index (κ3) is 2.95. The first-order chi connectivity index (χ1) is 7.19. The van der Waals surface area contributed by atoms with Crippen molar-refractivity contribution < 1.29 is 9.53 Å². The van der Waals surface area contributed by atoms with Crippen molar-refractivity contribution in [2.75, 3.05) is 6.61 Å². The number of nitrogens with zero attached hydrogens (tertiary/aromatic N) is 1. The predicted molar refractivity (Wildman–Crippen MR) is 56.9 cm³/mol. The molecular formula is C12H15NO2. The van der Waals surface area contributed by atoms with E-state index in [1.807, 2.05) is 19.1 Å². The van der Waals surface area contributed by atoms with Gasteiger partial charge in [-0.3, -0.25) is 0 Å². The van der Waals surface area contributed by atoms with E-state index in [2.05, 4.69) is 0 Å². The quantitative estimate of drug-likeness (QED) is 0.395. The molecule has 0 saturated heterocycles. The van der Waals surface area contributed by atoms with Crippen LogP contribution in [0, 0.1) is 11.3 Å². The highest BCUT2D eigenvalue weighted by atomic mass is 16.5. The molecule has 1 aliphatic carbocycles. The Morgan fingerprint density at radius 2 is 2.33 bits per heavy atom. The molecular weight excluding hydrogens is 190 g/mol. The van der Waals surface area contributed by atoms with E-state index in [4.69, 9.17) is 10.00 Å². The first-order valence-electron chi connectivity index (χ1n) is 5.16. The fraction of sp³-hybridized carbons (Fsp3) is 0.500. The zero-order valence-electron chi connectivity index (χ0n) is 9.17. The van der Waals surface area contributed by atoms with Gasteiger partial charge in [0.05, 0.1) is 6.61 Å². The molecule has 1 rings (SSSR count). The van der Waals surface area contributed by atoms with Crippen LogP contribution in [0.25, 0.3) is 0 Å². The van der Waals surface area contributed by atoms with Gasteiger partial charge < -0.3 is 4.74 Å². The minimum Gasteiger partial charge on any atom is -0.462 e. The van der Waals surface area contributed by atoms with E-state index < -0.39 is 5.97 Å². The summed E-state index contributed by atoms with van der Waals surface area (Å²) in [6.45, 7) is 4.05. The smallest absolute Gasteiger partial charge is 0.349 e. The van der Waals surface area contributed by atoms with Gasteiger partial charge in [0.2, 0.25) is 0 Å². The number of rotatable bonds is 2. The SMILES string of the molecule is CCOC(=O)C(C#N)=C1C=C(C)CCC1. The van der Waals surface area contributed by atoms with E-state index in [0.29, 0.717) is 6.61 Å². The molecule has 0 aromatic heterocycles. The van der Waals surface area contributed by atoms with Crippen LogP contribution in [-0.2, 0) is 9.53 Å². The number of ether oxygens (including phenoxy) is 1. The summed E-state index contributed by atoms with van der Waals surface area (Å²) in [6.07, 6.45) is 4.77. The standard InChI is InChI=1S/C12H15NO2/c1-3-15-12(14)11(8-13)10-6-4-5-9(2)7-10/h7H,3-6H2,1-2H3. The van der Waals surface area contributed by atoms with Gasteiger partial charge in [-0.15, -0.1) is 0 Å². The maximum Gasteiger partial charge on any atom is 0.349 e. The van der Waals surface area contributed by atoms with Gasteiger partial charge in [-0.2, -0.15) is 5.26 Å². The Morgan fingerprint density at radius 1 is 1.60 bits per heavy atom. The summed E-state index contributed by atoms with van der Waals surface area (Å²) in [4.78, 5) is 11.4. The minimum atomic E-state index is -0.499. The van der Waals surface area contributed by atoms with Crippen LogP contribution in [0.5, 0.6) is 0 Å². The highest BCUT2D eigenvalue weighted by Gasteiger charge is 2.17. The van der Waals surface area contributed by atoms with Crippen molar-refractivity contribution in [1.82, 2.24) is 0 Å². The third-order valence-electron chi connectivity index (χ3n) is 2.35. The van der Waals surface area contributed by atoms with Gasteiger partial charge in [0.25, 0.3) is 0 Å². The van der Waals surface area contributed by atoms with Crippen molar-refractivity contribution in [2.24, 2.45) is 0 Å². The maximum absolute atomic E-state index is 11.4. The lowest BCUT2D eigenvalue weighted by Crippen LogP contribution is -2.09. The third-order valence-corrected chi connectivity index (χ3v) is 2.35. The molecule has 0 N–H and O–H groups in total. The van der Waals surface area contributed by atoms with Gasteiger partial charge >= 0.3 is 5.97 Å². The van der Waals surface area contributed by atoms with Gasteiger partial charge in [0.1, 0.15) is 11.6 Å². The number of nitriles is 1. The topological polar surface area (TPSA) is 50.1 Å². The van der Waals surface area contributed by atoms with Gasteiger partial charge in [0, 0.05) is 0 Å². The second-order valence-electron chi connectivity index (χ2n) is 3.58. The molecule has 0 aromatic rings. The van der Waals surface area contributed by atoms with Crippen LogP contribution in [0.1, 0.15) is 33.1 Å². The summed E-state index contributed by atoms with van der Waals surface area (Å²) in [5, 5.41) is 8.92. The molecule has 0 radical (unpaired) electrons. The molecule has 0 fully saturated rings. The van der Waals surface area contributed by atoms with Gasteiger partial charge in [0.15, 0.2) is 0 Å². The van der Waals surface area contributed by atoms with E-state index in [1.165, 1.54) is 5.57 Å². The summed E-state index contributed by atoms with van der Waals surface area (Å²) >= 11 is 0. The summed E-state index contributed by atoms with van der Waals surface area (Å²) in [7, 11) is 0. The zero-order valence-corrected chi connectivity index (χ0v) is 9.17. The molecule has 15 heavy (non-hydrogen) atoms. The van der Waals surface area contributed by atoms with Crippen LogP contribution in [0.4, 0.5) is 0 Å². The van der Waals surface area contributed by atoms with Crippen LogP contribution in [-0.4, -0.2) is 12.6 Å². The van der Waals surface area contributed by atoms with E-state index >= 15 is 0 Å². The molecule has 0 aromatic carbocycles. The monoisotopic (exact) mass is 205 g/mol. The molecule has 0 saturated carbocycles. The summed E-state index contributed by atoms with van der Waals surface area (Å²) < 4.78 is 4.83. The second kappa shape index (κ2) is 5.35. The summed E-state index contributed by atoms with van der Waals surface area (Å²) in [5.41, 5.74) is 2.20. The van der Waals surface area contributed by atoms with Crippen LogP contribution < -0.4 is 0 Å². The van der Waals surface area contributed by atoms with Gasteiger partial charge in [-0.1, -0.05) is 11.6 Å². The second-order valence-corrected chi connectivity index (χ2v) is 3.58. The lowest BCUT2D eigenvalue weighted by molar-refractivity contribution is -0.138. The molecule has 80 valence electrons. The predicted octanol–water partition coefficient (Wildman–Crippen LogP) is 2.50.